The number of benzene rings is 2. The van der Waals surface area contributed by atoms with E-state index >= 15 is 0 Å². The van der Waals surface area contributed by atoms with Crippen LogP contribution in [0.4, 0.5) is 5.69 Å². The average molecular weight is 463 g/mol. The highest BCUT2D eigenvalue weighted by Gasteiger charge is 2.35. The van der Waals surface area contributed by atoms with Crippen molar-refractivity contribution < 1.29 is 14.3 Å². The first-order valence-electron chi connectivity index (χ1n) is 12.1. The van der Waals surface area contributed by atoms with E-state index in [1.54, 1.807) is 4.90 Å². The van der Waals surface area contributed by atoms with Gasteiger partial charge in [0.25, 0.3) is 0 Å². The quantitative estimate of drug-likeness (QED) is 0.491. The molecule has 0 radical (unpaired) electrons. The summed E-state index contributed by atoms with van der Waals surface area (Å²) in [5.41, 5.74) is 2.61. The van der Waals surface area contributed by atoms with Crippen molar-refractivity contribution in [3.8, 4) is 5.75 Å². The van der Waals surface area contributed by atoms with Gasteiger partial charge < -0.3 is 19.1 Å². The molecule has 0 spiro atoms. The number of para-hydroxylation sites is 2. The first-order valence-corrected chi connectivity index (χ1v) is 12.1. The third kappa shape index (κ3) is 4.65. The fourth-order valence-electron chi connectivity index (χ4n) is 4.98. The summed E-state index contributed by atoms with van der Waals surface area (Å²) in [7, 11) is 0. The summed E-state index contributed by atoms with van der Waals surface area (Å²) < 4.78 is 7.54. The minimum absolute atomic E-state index is 0.0575. The molecule has 3 aromatic rings. The number of imidazole rings is 1. The summed E-state index contributed by atoms with van der Waals surface area (Å²) in [5.74, 6) is 1.61. The molecule has 34 heavy (non-hydrogen) atoms. The molecule has 1 aromatic heterocycles. The molecule has 1 atom stereocenters. The van der Waals surface area contributed by atoms with Crippen molar-refractivity contribution in [1.29, 1.82) is 0 Å². The molecule has 7 nitrogen and oxygen atoms in total. The van der Waals surface area contributed by atoms with Gasteiger partial charge in [-0.25, -0.2) is 4.98 Å². The van der Waals surface area contributed by atoms with Crippen LogP contribution in [-0.2, 0) is 16.1 Å². The predicted molar refractivity (Wildman–Crippen MR) is 134 cm³/mol. The maximum Gasteiger partial charge on any atom is 0.243 e. The molecule has 7 heteroatoms. The Hall–Kier alpha value is -3.35. The lowest BCUT2D eigenvalue weighted by Crippen LogP contribution is -2.44. The average Bonchev–Trinajstić information content (AvgIpc) is 3.35. The van der Waals surface area contributed by atoms with Crippen LogP contribution in [0.3, 0.4) is 0 Å². The zero-order valence-corrected chi connectivity index (χ0v) is 20.7. The number of nitrogens with zero attached hydrogens (tertiary/aromatic N) is 4. The van der Waals surface area contributed by atoms with E-state index in [4.69, 9.17) is 9.72 Å². The van der Waals surface area contributed by atoms with E-state index in [0.29, 0.717) is 19.6 Å². The van der Waals surface area contributed by atoms with Gasteiger partial charge in [-0.05, 0) is 71.0 Å². The lowest BCUT2D eigenvalue weighted by molar-refractivity contribution is -0.135. The molecule has 0 aliphatic carbocycles. The number of rotatable bonds is 8. The first kappa shape index (κ1) is 23.8. The van der Waals surface area contributed by atoms with Crippen LogP contribution >= 0.6 is 0 Å². The molecule has 1 aliphatic heterocycles. The molecule has 1 unspecified atom stereocenters. The molecule has 0 bridgehead atoms. The standard InChI is InChI=1S/C27H34N4O3/c1-6-34-22-13-11-21(12-14-22)29-16-20(15-25(29)32)27-28-23-9-7-8-10-24(23)30(27)17-26(33)31(18(2)3)19(4)5/h7-14,18-20H,6,15-17H2,1-5H3. The first-order chi connectivity index (χ1) is 16.3. The number of aromatic nitrogens is 2. The zero-order valence-electron chi connectivity index (χ0n) is 20.7. The Kier molecular flexibility index (Phi) is 6.91. The van der Waals surface area contributed by atoms with Gasteiger partial charge in [0, 0.05) is 36.7 Å². The lowest BCUT2D eigenvalue weighted by atomic mass is 10.1. The van der Waals surface area contributed by atoms with Gasteiger partial charge in [0.1, 0.15) is 18.1 Å². The minimum Gasteiger partial charge on any atom is -0.494 e. The highest BCUT2D eigenvalue weighted by molar-refractivity contribution is 5.96. The van der Waals surface area contributed by atoms with Crippen molar-refractivity contribution in [2.24, 2.45) is 0 Å². The molecule has 0 saturated carbocycles. The minimum atomic E-state index is -0.0918. The van der Waals surface area contributed by atoms with Gasteiger partial charge in [-0.15, -0.1) is 0 Å². The van der Waals surface area contributed by atoms with Gasteiger partial charge in [0.05, 0.1) is 17.6 Å². The monoisotopic (exact) mass is 462 g/mol. The molecule has 4 rings (SSSR count). The molecule has 2 aromatic carbocycles. The molecule has 2 heterocycles. The third-order valence-electron chi connectivity index (χ3n) is 6.33. The number of hydrogen-bond acceptors (Lipinski definition) is 4. The Morgan fingerprint density at radius 1 is 1.09 bits per heavy atom. The summed E-state index contributed by atoms with van der Waals surface area (Å²) in [4.78, 5) is 34.9. The Morgan fingerprint density at radius 2 is 1.76 bits per heavy atom. The predicted octanol–water partition coefficient (Wildman–Crippen LogP) is 4.60. The maximum absolute atomic E-state index is 13.3. The van der Waals surface area contributed by atoms with Crippen molar-refractivity contribution in [2.75, 3.05) is 18.1 Å². The van der Waals surface area contributed by atoms with E-state index in [2.05, 4.69) is 0 Å². The van der Waals surface area contributed by atoms with Crippen LogP contribution < -0.4 is 9.64 Å². The molecule has 1 fully saturated rings. The van der Waals surface area contributed by atoms with Crippen LogP contribution in [0.1, 0.15) is 52.8 Å². The number of hydrogen-bond donors (Lipinski definition) is 0. The highest BCUT2D eigenvalue weighted by atomic mass is 16.5. The number of amides is 2. The summed E-state index contributed by atoms with van der Waals surface area (Å²) in [6.45, 7) is 11.4. The molecule has 2 amide bonds. The van der Waals surface area contributed by atoms with Crippen molar-refractivity contribution in [2.45, 2.75) is 65.6 Å². The van der Waals surface area contributed by atoms with Crippen LogP contribution in [-0.4, -0.2) is 51.5 Å². The third-order valence-corrected chi connectivity index (χ3v) is 6.33. The van der Waals surface area contributed by atoms with Crippen LogP contribution in [0.2, 0.25) is 0 Å². The zero-order chi connectivity index (χ0) is 24.4. The van der Waals surface area contributed by atoms with Gasteiger partial charge in [-0.2, -0.15) is 0 Å². The molecular weight excluding hydrogens is 428 g/mol. The Labute approximate surface area is 201 Å². The lowest BCUT2D eigenvalue weighted by Gasteiger charge is -2.31. The Morgan fingerprint density at radius 3 is 2.41 bits per heavy atom. The molecule has 1 aliphatic rings. The number of ether oxygens (including phenoxy) is 1. The van der Waals surface area contributed by atoms with Gasteiger partial charge in [-0.1, -0.05) is 12.1 Å². The largest absolute Gasteiger partial charge is 0.494 e. The number of anilines is 1. The van der Waals surface area contributed by atoms with Gasteiger partial charge in [0.2, 0.25) is 11.8 Å². The van der Waals surface area contributed by atoms with Crippen LogP contribution in [0.15, 0.2) is 48.5 Å². The summed E-state index contributed by atoms with van der Waals surface area (Å²) in [6.07, 6.45) is 0.364. The highest BCUT2D eigenvalue weighted by Crippen LogP contribution is 2.34. The SMILES string of the molecule is CCOc1ccc(N2CC(c3nc4ccccc4n3CC(=O)N(C(C)C)C(C)C)CC2=O)cc1. The van der Waals surface area contributed by atoms with Crippen LogP contribution in [0, 0.1) is 0 Å². The van der Waals surface area contributed by atoms with E-state index in [0.717, 1.165) is 28.3 Å². The van der Waals surface area contributed by atoms with Gasteiger partial charge >= 0.3 is 0 Å². The van der Waals surface area contributed by atoms with Crippen molar-refractivity contribution in [3.05, 3.63) is 54.4 Å². The second-order valence-corrected chi connectivity index (χ2v) is 9.37. The summed E-state index contributed by atoms with van der Waals surface area (Å²) in [5, 5.41) is 0. The number of fused-ring (bicyclic) bond motifs is 1. The molecular formula is C27H34N4O3. The van der Waals surface area contributed by atoms with E-state index in [-0.39, 0.29) is 36.4 Å². The van der Waals surface area contributed by atoms with E-state index in [9.17, 15) is 9.59 Å². The Balaban J connectivity index is 1.64. The second-order valence-electron chi connectivity index (χ2n) is 9.37. The Bertz CT molecular complexity index is 1160. The summed E-state index contributed by atoms with van der Waals surface area (Å²) in [6, 6.07) is 15.7. The van der Waals surface area contributed by atoms with Crippen molar-refractivity contribution in [1.82, 2.24) is 14.5 Å². The topological polar surface area (TPSA) is 67.7 Å². The smallest absolute Gasteiger partial charge is 0.243 e. The fraction of sp³-hybridized carbons (Fsp3) is 0.444. The number of carbonyl (C=O) groups excluding carboxylic acids is 2. The van der Waals surface area contributed by atoms with Gasteiger partial charge in [0.15, 0.2) is 0 Å². The molecule has 0 N–H and O–H groups in total. The van der Waals surface area contributed by atoms with E-state index < -0.39 is 0 Å². The molecule has 180 valence electrons. The number of carbonyl (C=O) groups is 2. The van der Waals surface area contributed by atoms with E-state index in [1.165, 1.54) is 0 Å². The van der Waals surface area contributed by atoms with E-state index in [1.807, 2.05) is 92.6 Å². The van der Waals surface area contributed by atoms with Crippen LogP contribution in [0.25, 0.3) is 11.0 Å². The maximum atomic E-state index is 13.3. The molecule has 1 saturated heterocycles. The fourth-order valence-corrected chi connectivity index (χ4v) is 4.98. The van der Waals surface area contributed by atoms with Crippen molar-refractivity contribution >= 4 is 28.5 Å². The second kappa shape index (κ2) is 9.87. The summed E-state index contributed by atoms with van der Waals surface area (Å²) >= 11 is 0. The van der Waals surface area contributed by atoms with Gasteiger partial charge in [-0.3, -0.25) is 9.59 Å². The normalized spacial score (nSPS) is 16.1. The van der Waals surface area contributed by atoms with Crippen molar-refractivity contribution in [3.63, 3.8) is 0 Å². The van der Waals surface area contributed by atoms with Crippen LogP contribution in [0.5, 0.6) is 5.75 Å².